The highest BCUT2D eigenvalue weighted by molar-refractivity contribution is 5.79. The van der Waals surface area contributed by atoms with Crippen LogP contribution in [0.15, 0.2) is 24.3 Å². The molecule has 1 aromatic carbocycles. The summed E-state index contributed by atoms with van der Waals surface area (Å²) in [4.78, 5) is 12.7. The zero-order chi connectivity index (χ0) is 16.4. The molecule has 2 saturated heterocycles. The van der Waals surface area contributed by atoms with Gasteiger partial charge in [0.25, 0.3) is 0 Å². The van der Waals surface area contributed by atoms with E-state index in [1.165, 1.54) is 0 Å². The third-order valence-electron chi connectivity index (χ3n) is 5.63. The molecule has 0 bridgehead atoms. The zero-order valence-electron chi connectivity index (χ0n) is 14.1. The van der Waals surface area contributed by atoms with Gasteiger partial charge in [-0.2, -0.15) is 0 Å². The predicted molar refractivity (Wildman–Crippen MR) is 90.9 cm³/mol. The van der Waals surface area contributed by atoms with Crippen LogP contribution in [0.3, 0.4) is 0 Å². The van der Waals surface area contributed by atoms with Gasteiger partial charge < -0.3 is 20.1 Å². The SMILES string of the molecule is O=C(NC1CC2(CCOCC2)Oc2ccccc21)C1CCNCC1. The number of para-hydroxylation sites is 1. The Morgan fingerprint density at radius 1 is 1.17 bits per heavy atom. The molecule has 5 nitrogen and oxygen atoms in total. The van der Waals surface area contributed by atoms with Gasteiger partial charge in [0.1, 0.15) is 11.4 Å². The largest absolute Gasteiger partial charge is 0.487 e. The number of nitrogens with one attached hydrogen (secondary N) is 2. The fourth-order valence-corrected chi connectivity index (χ4v) is 4.17. The maximum atomic E-state index is 12.7. The van der Waals surface area contributed by atoms with Crippen molar-refractivity contribution in [2.75, 3.05) is 26.3 Å². The van der Waals surface area contributed by atoms with E-state index in [1.54, 1.807) is 0 Å². The summed E-state index contributed by atoms with van der Waals surface area (Å²) in [5, 5.41) is 6.65. The summed E-state index contributed by atoms with van der Waals surface area (Å²) >= 11 is 0. The van der Waals surface area contributed by atoms with Gasteiger partial charge in [0.15, 0.2) is 0 Å². The molecule has 5 heteroatoms. The van der Waals surface area contributed by atoms with Crippen molar-refractivity contribution in [1.82, 2.24) is 10.6 Å². The summed E-state index contributed by atoms with van der Waals surface area (Å²) < 4.78 is 11.9. The second-order valence-corrected chi connectivity index (χ2v) is 7.22. The number of piperidine rings is 1. The van der Waals surface area contributed by atoms with E-state index in [2.05, 4.69) is 16.7 Å². The molecule has 3 aliphatic heterocycles. The number of hydrogen-bond acceptors (Lipinski definition) is 4. The Morgan fingerprint density at radius 3 is 2.71 bits per heavy atom. The van der Waals surface area contributed by atoms with E-state index in [9.17, 15) is 4.79 Å². The summed E-state index contributed by atoms with van der Waals surface area (Å²) in [5.74, 6) is 1.24. The van der Waals surface area contributed by atoms with Gasteiger partial charge in [0, 0.05) is 30.7 Å². The lowest BCUT2D eigenvalue weighted by molar-refractivity contribution is -0.127. The Hall–Kier alpha value is -1.59. The van der Waals surface area contributed by atoms with Gasteiger partial charge in [-0.05, 0) is 32.0 Å². The van der Waals surface area contributed by atoms with Crippen molar-refractivity contribution in [2.24, 2.45) is 5.92 Å². The molecule has 1 unspecified atom stereocenters. The van der Waals surface area contributed by atoms with E-state index < -0.39 is 0 Å². The minimum absolute atomic E-state index is 0.0374. The third-order valence-corrected chi connectivity index (χ3v) is 5.63. The first-order valence-corrected chi connectivity index (χ1v) is 9.13. The lowest BCUT2D eigenvalue weighted by atomic mass is 9.81. The van der Waals surface area contributed by atoms with Crippen LogP contribution in [-0.2, 0) is 9.53 Å². The summed E-state index contributed by atoms with van der Waals surface area (Å²) in [7, 11) is 0. The number of benzene rings is 1. The fourth-order valence-electron chi connectivity index (χ4n) is 4.17. The minimum atomic E-state index is -0.196. The number of carbonyl (C=O) groups excluding carboxylic acids is 1. The van der Waals surface area contributed by atoms with E-state index >= 15 is 0 Å². The molecule has 4 rings (SSSR count). The van der Waals surface area contributed by atoms with Crippen LogP contribution in [0.25, 0.3) is 0 Å². The molecule has 2 fully saturated rings. The second-order valence-electron chi connectivity index (χ2n) is 7.22. The number of ether oxygens (including phenoxy) is 2. The highest BCUT2D eigenvalue weighted by atomic mass is 16.5. The molecule has 130 valence electrons. The molecule has 0 saturated carbocycles. The first kappa shape index (κ1) is 15.9. The third kappa shape index (κ3) is 3.15. The van der Waals surface area contributed by atoms with Crippen molar-refractivity contribution < 1.29 is 14.3 Å². The number of rotatable bonds is 2. The molecule has 1 aromatic rings. The van der Waals surface area contributed by atoms with Crippen LogP contribution >= 0.6 is 0 Å². The first-order valence-electron chi connectivity index (χ1n) is 9.13. The van der Waals surface area contributed by atoms with Crippen molar-refractivity contribution in [2.45, 2.75) is 43.7 Å². The monoisotopic (exact) mass is 330 g/mol. The maximum Gasteiger partial charge on any atom is 0.223 e. The fraction of sp³-hybridized carbons (Fsp3) is 0.632. The zero-order valence-corrected chi connectivity index (χ0v) is 14.1. The summed E-state index contributed by atoms with van der Waals surface area (Å²) in [6.45, 7) is 3.34. The number of carbonyl (C=O) groups is 1. The summed E-state index contributed by atoms with van der Waals surface area (Å²) in [6, 6.07) is 8.16. The standard InChI is InChI=1S/C19H26N2O3/c22-18(14-5-9-20-10-6-14)21-16-13-19(7-11-23-12-8-19)24-17-4-2-1-3-15(16)17/h1-4,14,16,20H,5-13H2,(H,21,22). The number of hydrogen-bond donors (Lipinski definition) is 2. The molecule has 0 radical (unpaired) electrons. The van der Waals surface area contributed by atoms with E-state index in [0.29, 0.717) is 0 Å². The minimum Gasteiger partial charge on any atom is -0.487 e. The lowest BCUT2D eigenvalue weighted by Crippen LogP contribution is -2.49. The van der Waals surface area contributed by atoms with Gasteiger partial charge in [0.2, 0.25) is 5.91 Å². The quantitative estimate of drug-likeness (QED) is 0.872. The van der Waals surface area contributed by atoms with Crippen molar-refractivity contribution >= 4 is 5.91 Å². The molecular formula is C19H26N2O3. The molecule has 24 heavy (non-hydrogen) atoms. The lowest BCUT2D eigenvalue weighted by Gasteiger charge is -2.44. The molecule has 1 amide bonds. The normalized spacial score (nSPS) is 26.4. The van der Waals surface area contributed by atoms with Crippen molar-refractivity contribution in [1.29, 1.82) is 0 Å². The van der Waals surface area contributed by atoms with Crippen LogP contribution in [0.4, 0.5) is 0 Å². The molecule has 3 aliphatic rings. The van der Waals surface area contributed by atoms with Crippen LogP contribution in [0.2, 0.25) is 0 Å². The highest BCUT2D eigenvalue weighted by Gasteiger charge is 2.43. The summed E-state index contributed by atoms with van der Waals surface area (Å²) in [6.07, 6.45) is 4.47. The van der Waals surface area contributed by atoms with Crippen LogP contribution in [0.5, 0.6) is 5.75 Å². The summed E-state index contributed by atoms with van der Waals surface area (Å²) in [5.41, 5.74) is 0.912. The Bertz CT molecular complexity index is 592. The average Bonchev–Trinajstić information content (AvgIpc) is 2.63. The van der Waals surface area contributed by atoms with Crippen molar-refractivity contribution in [3.8, 4) is 5.75 Å². The number of amides is 1. The maximum absolute atomic E-state index is 12.7. The molecule has 2 N–H and O–H groups in total. The Kier molecular flexibility index (Phi) is 4.46. The Labute approximate surface area is 143 Å². The molecular weight excluding hydrogens is 304 g/mol. The van der Waals surface area contributed by atoms with Crippen LogP contribution in [0.1, 0.15) is 43.7 Å². The second kappa shape index (κ2) is 6.73. The first-order chi connectivity index (χ1) is 11.8. The number of fused-ring (bicyclic) bond motifs is 1. The van der Waals surface area contributed by atoms with Gasteiger partial charge in [-0.3, -0.25) is 4.79 Å². The van der Waals surface area contributed by atoms with Gasteiger partial charge in [-0.1, -0.05) is 18.2 Å². The smallest absolute Gasteiger partial charge is 0.223 e. The molecule has 0 aliphatic carbocycles. The van der Waals surface area contributed by atoms with Gasteiger partial charge in [-0.25, -0.2) is 0 Å². The van der Waals surface area contributed by atoms with E-state index in [-0.39, 0.29) is 23.5 Å². The van der Waals surface area contributed by atoms with Crippen molar-refractivity contribution in [3.63, 3.8) is 0 Å². The van der Waals surface area contributed by atoms with Crippen LogP contribution in [0, 0.1) is 5.92 Å². The van der Waals surface area contributed by atoms with E-state index in [4.69, 9.17) is 9.47 Å². The molecule has 0 aromatic heterocycles. The van der Waals surface area contributed by atoms with Gasteiger partial charge in [0.05, 0.1) is 19.3 Å². The van der Waals surface area contributed by atoms with Crippen LogP contribution < -0.4 is 15.4 Å². The van der Waals surface area contributed by atoms with Gasteiger partial charge >= 0.3 is 0 Å². The Morgan fingerprint density at radius 2 is 1.92 bits per heavy atom. The van der Waals surface area contributed by atoms with E-state index in [0.717, 1.165) is 69.7 Å². The topological polar surface area (TPSA) is 59.6 Å². The molecule has 1 atom stereocenters. The average molecular weight is 330 g/mol. The van der Waals surface area contributed by atoms with Crippen molar-refractivity contribution in [3.05, 3.63) is 29.8 Å². The molecule has 1 spiro atoms. The van der Waals surface area contributed by atoms with Gasteiger partial charge in [-0.15, -0.1) is 0 Å². The predicted octanol–water partition coefficient (Wildman–Crippen LogP) is 2.18. The van der Waals surface area contributed by atoms with Crippen LogP contribution in [-0.4, -0.2) is 37.8 Å². The Balaban J connectivity index is 1.55. The highest BCUT2D eigenvalue weighted by Crippen LogP contribution is 2.44. The molecule has 3 heterocycles. The van der Waals surface area contributed by atoms with E-state index in [1.807, 2.05) is 18.2 Å².